The Kier molecular flexibility index (Phi) is 5.26. The third-order valence-electron chi connectivity index (χ3n) is 3.93. The van der Waals surface area contributed by atoms with Crippen LogP contribution in [0.4, 0.5) is 23.8 Å². The number of urea groups is 1. The number of imidazole rings is 1. The van der Waals surface area contributed by atoms with Crippen LogP contribution in [-0.2, 0) is 24.0 Å². The Morgan fingerprint density at radius 3 is 2.48 bits per heavy atom. The zero-order chi connectivity index (χ0) is 21.5. The highest BCUT2D eigenvalue weighted by Gasteiger charge is 2.34. The fraction of sp³-hybridized carbons (Fsp3) is 0.312. The number of amides is 2. The maximum atomic E-state index is 12.9. The van der Waals surface area contributed by atoms with Crippen molar-refractivity contribution in [3.05, 3.63) is 23.9 Å². The molecule has 154 valence electrons. The summed E-state index contributed by atoms with van der Waals surface area (Å²) in [5.41, 5.74) is -0.960. The first-order valence-electron chi connectivity index (χ1n) is 8.09. The first kappa shape index (κ1) is 20.6. The molecular weight excluding hydrogens is 411 g/mol. The number of nitrogens with one attached hydrogen (secondary N) is 1. The molecule has 9 nitrogen and oxygen atoms in total. The standard InChI is InChI=1S/C16H16F3N7O2S/c1-25(2)15(27)22-11-6-5-9(29(4)28)12(21-11)14-20-8-7-10(16(17,18)19)23-24-13(8)26(14)3/h5-7H,1-4H3,(H,21,22,27). The van der Waals surface area contributed by atoms with Crippen LogP contribution in [0.2, 0.25) is 0 Å². The first-order chi connectivity index (χ1) is 13.5. The molecule has 29 heavy (non-hydrogen) atoms. The van der Waals surface area contributed by atoms with Crippen molar-refractivity contribution >= 4 is 33.8 Å². The van der Waals surface area contributed by atoms with E-state index in [9.17, 15) is 22.2 Å². The van der Waals surface area contributed by atoms with E-state index in [0.717, 1.165) is 6.07 Å². The fourth-order valence-corrected chi connectivity index (χ4v) is 3.13. The van der Waals surface area contributed by atoms with Gasteiger partial charge < -0.3 is 9.47 Å². The lowest BCUT2D eigenvalue weighted by Gasteiger charge is -2.13. The molecule has 1 unspecified atom stereocenters. The molecule has 0 spiro atoms. The van der Waals surface area contributed by atoms with Gasteiger partial charge in [-0.05, 0) is 12.1 Å². The molecule has 0 radical (unpaired) electrons. The smallest absolute Gasteiger partial charge is 0.331 e. The van der Waals surface area contributed by atoms with Crippen molar-refractivity contribution in [3.63, 3.8) is 0 Å². The van der Waals surface area contributed by atoms with E-state index in [1.54, 1.807) is 14.1 Å². The molecule has 3 aromatic heterocycles. The molecule has 1 N–H and O–H groups in total. The van der Waals surface area contributed by atoms with Gasteiger partial charge >= 0.3 is 12.2 Å². The summed E-state index contributed by atoms with van der Waals surface area (Å²) in [6.45, 7) is 0. The Morgan fingerprint density at radius 2 is 1.90 bits per heavy atom. The normalized spacial score (nSPS) is 12.8. The molecule has 0 aliphatic carbocycles. The fourth-order valence-electron chi connectivity index (χ4n) is 2.47. The van der Waals surface area contributed by atoms with Gasteiger partial charge in [0.15, 0.2) is 17.2 Å². The van der Waals surface area contributed by atoms with E-state index in [1.807, 2.05) is 0 Å². The number of pyridine rings is 1. The van der Waals surface area contributed by atoms with Crippen LogP contribution < -0.4 is 5.32 Å². The molecule has 0 fully saturated rings. The van der Waals surface area contributed by atoms with E-state index in [-0.39, 0.29) is 28.5 Å². The van der Waals surface area contributed by atoms with Crippen LogP contribution in [0.15, 0.2) is 23.1 Å². The van der Waals surface area contributed by atoms with Crippen LogP contribution in [0.1, 0.15) is 5.69 Å². The Hall–Kier alpha value is -3.09. The zero-order valence-corrected chi connectivity index (χ0v) is 16.6. The van der Waals surface area contributed by atoms with Gasteiger partial charge in [0.05, 0.1) is 15.7 Å². The molecule has 3 aromatic rings. The maximum absolute atomic E-state index is 12.9. The number of rotatable bonds is 3. The second-order valence-corrected chi connectivity index (χ2v) is 7.60. The lowest BCUT2D eigenvalue weighted by Crippen LogP contribution is -2.27. The molecule has 0 saturated heterocycles. The third-order valence-corrected chi connectivity index (χ3v) is 4.88. The molecule has 13 heteroatoms. The molecule has 0 aliphatic rings. The number of aryl methyl sites for hydroxylation is 1. The second-order valence-electron chi connectivity index (χ2n) is 6.25. The number of aromatic nitrogens is 5. The van der Waals surface area contributed by atoms with Crippen LogP contribution in [0, 0.1) is 0 Å². The van der Waals surface area contributed by atoms with Crippen molar-refractivity contribution in [1.82, 2.24) is 29.6 Å². The van der Waals surface area contributed by atoms with Gasteiger partial charge in [-0.1, -0.05) is 0 Å². The summed E-state index contributed by atoms with van der Waals surface area (Å²) in [6, 6.07) is 3.34. The Labute approximate surface area is 165 Å². The number of carbonyl (C=O) groups is 1. The Balaban J connectivity index is 2.17. The van der Waals surface area contributed by atoms with Crippen molar-refractivity contribution in [2.24, 2.45) is 7.05 Å². The predicted octanol–water partition coefficient (Wildman–Crippen LogP) is 2.28. The van der Waals surface area contributed by atoms with Gasteiger partial charge in [-0.3, -0.25) is 9.53 Å². The number of carbonyl (C=O) groups excluding carboxylic acids is 1. The van der Waals surface area contributed by atoms with Crippen molar-refractivity contribution < 1.29 is 22.2 Å². The molecule has 1 atom stereocenters. The monoisotopic (exact) mass is 427 g/mol. The van der Waals surface area contributed by atoms with Gasteiger partial charge in [0, 0.05) is 33.5 Å². The minimum Gasteiger partial charge on any atom is -0.331 e. The largest absolute Gasteiger partial charge is 0.435 e. The third kappa shape index (κ3) is 4.04. The number of fused-ring (bicyclic) bond motifs is 1. The highest BCUT2D eigenvalue weighted by atomic mass is 32.2. The topological polar surface area (TPSA) is 106 Å². The van der Waals surface area contributed by atoms with E-state index in [0.29, 0.717) is 4.90 Å². The van der Waals surface area contributed by atoms with Crippen LogP contribution in [0.3, 0.4) is 0 Å². The summed E-state index contributed by atoms with van der Waals surface area (Å²) in [7, 11) is 3.15. The van der Waals surface area contributed by atoms with Crippen molar-refractivity contribution in [2.45, 2.75) is 11.1 Å². The molecule has 0 bridgehead atoms. The zero-order valence-electron chi connectivity index (χ0n) is 15.8. The van der Waals surface area contributed by atoms with Gasteiger partial charge in [0.2, 0.25) is 0 Å². The van der Waals surface area contributed by atoms with E-state index >= 15 is 0 Å². The van der Waals surface area contributed by atoms with E-state index < -0.39 is 28.7 Å². The summed E-state index contributed by atoms with van der Waals surface area (Å²) in [6.07, 6.45) is -3.23. The minimum absolute atomic E-state index is 0.0396. The first-order valence-corrected chi connectivity index (χ1v) is 9.65. The number of hydrogen-bond donors (Lipinski definition) is 1. The minimum atomic E-state index is -4.66. The van der Waals surface area contributed by atoms with Crippen molar-refractivity contribution in [2.75, 3.05) is 25.7 Å². The summed E-state index contributed by atoms with van der Waals surface area (Å²) >= 11 is 0. The van der Waals surface area contributed by atoms with Crippen molar-refractivity contribution in [3.8, 4) is 11.5 Å². The molecular formula is C16H16F3N7O2S. The summed E-state index contributed by atoms with van der Waals surface area (Å²) in [5.74, 6) is 0.307. The Bertz CT molecular complexity index is 1130. The SMILES string of the molecule is CN(C)C(=O)Nc1ccc(S(C)=O)c(-c2nc3cc(C(F)(F)F)nnc3n2C)n1. The molecule has 2 amide bonds. The number of nitrogens with zero attached hydrogens (tertiary/aromatic N) is 6. The molecule has 0 aliphatic heterocycles. The van der Waals surface area contributed by atoms with Crippen LogP contribution in [0.25, 0.3) is 22.7 Å². The Morgan fingerprint density at radius 1 is 1.21 bits per heavy atom. The average molecular weight is 427 g/mol. The van der Waals surface area contributed by atoms with Gasteiger partial charge in [0.1, 0.15) is 17.0 Å². The maximum Gasteiger partial charge on any atom is 0.435 e. The van der Waals surface area contributed by atoms with Gasteiger partial charge in [-0.2, -0.15) is 13.2 Å². The summed E-state index contributed by atoms with van der Waals surface area (Å²) in [5, 5.41) is 9.38. The van der Waals surface area contributed by atoms with E-state index in [1.165, 1.54) is 34.9 Å². The lowest BCUT2D eigenvalue weighted by atomic mass is 10.3. The van der Waals surface area contributed by atoms with Crippen LogP contribution in [0.5, 0.6) is 0 Å². The highest BCUT2D eigenvalue weighted by molar-refractivity contribution is 7.84. The van der Waals surface area contributed by atoms with Gasteiger partial charge in [0.25, 0.3) is 0 Å². The number of alkyl halides is 3. The average Bonchev–Trinajstić information content (AvgIpc) is 2.96. The second kappa shape index (κ2) is 7.39. The van der Waals surface area contributed by atoms with Crippen LogP contribution >= 0.6 is 0 Å². The molecule has 0 aromatic carbocycles. The molecule has 3 heterocycles. The molecule has 0 saturated carbocycles. The number of hydrogen-bond acceptors (Lipinski definition) is 6. The lowest BCUT2D eigenvalue weighted by molar-refractivity contribution is -0.141. The highest BCUT2D eigenvalue weighted by Crippen LogP contribution is 2.31. The predicted molar refractivity (Wildman–Crippen MR) is 99.6 cm³/mol. The summed E-state index contributed by atoms with van der Waals surface area (Å²) in [4.78, 5) is 22.0. The van der Waals surface area contributed by atoms with Gasteiger partial charge in [-0.25, -0.2) is 14.8 Å². The number of anilines is 1. The van der Waals surface area contributed by atoms with Gasteiger partial charge in [-0.15, -0.1) is 10.2 Å². The van der Waals surface area contributed by atoms with Crippen molar-refractivity contribution in [1.29, 1.82) is 0 Å². The van der Waals surface area contributed by atoms with Crippen LogP contribution in [-0.4, -0.2) is 60.2 Å². The quantitative estimate of drug-likeness (QED) is 0.688. The molecule has 3 rings (SSSR count). The van der Waals surface area contributed by atoms with E-state index in [4.69, 9.17) is 0 Å². The van der Waals surface area contributed by atoms with E-state index in [2.05, 4.69) is 25.5 Å². The number of halogens is 3. The summed E-state index contributed by atoms with van der Waals surface area (Å²) < 4.78 is 52.3.